The van der Waals surface area contributed by atoms with Gasteiger partial charge in [0.2, 0.25) is 0 Å². The van der Waals surface area contributed by atoms with Gasteiger partial charge in [-0.05, 0) is 43.3 Å². The number of carbonyl (C=O) groups is 2. The fourth-order valence-electron chi connectivity index (χ4n) is 2.75. The number of nitrogens with zero attached hydrogens (tertiary/aromatic N) is 2. The van der Waals surface area contributed by atoms with Crippen LogP contribution in [0.15, 0.2) is 40.8 Å². The van der Waals surface area contributed by atoms with Gasteiger partial charge in [-0.1, -0.05) is 0 Å². The highest BCUT2D eigenvalue weighted by Gasteiger charge is 2.26. The highest BCUT2D eigenvalue weighted by atomic mass is 19.1. The number of rotatable bonds is 3. The van der Waals surface area contributed by atoms with E-state index in [1.54, 1.807) is 34.1 Å². The normalized spacial score (nSPS) is 14.5. The molecule has 1 aromatic carbocycles. The summed E-state index contributed by atoms with van der Waals surface area (Å²) in [6, 6.07) is 9.12. The smallest absolute Gasteiger partial charge is 0.317 e. The summed E-state index contributed by atoms with van der Waals surface area (Å²) in [5.74, 6) is 0.232. The number of nitrogens with one attached hydrogen (secondary N) is 1. The molecule has 1 aliphatic rings. The standard InChI is InChI=1S/C18H20FN3O3/c1-2-20-18(24)22-11-9-21(10-12-22)17(23)16-8-7-15(25-16)13-3-5-14(19)6-4-13/h3-8H,2,9-12H2,1H3,(H,20,24). The van der Waals surface area contributed by atoms with Crippen LogP contribution in [0.2, 0.25) is 0 Å². The second-order valence-electron chi connectivity index (χ2n) is 5.79. The van der Waals surface area contributed by atoms with Gasteiger partial charge in [-0.25, -0.2) is 9.18 Å². The molecule has 7 heteroatoms. The number of hydrogen-bond acceptors (Lipinski definition) is 3. The fourth-order valence-corrected chi connectivity index (χ4v) is 2.75. The van der Waals surface area contributed by atoms with Gasteiger partial charge >= 0.3 is 6.03 Å². The van der Waals surface area contributed by atoms with E-state index in [4.69, 9.17) is 4.42 Å². The van der Waals surface area contributed by atoms with E-state index in [-0.39, 0.29) is 23.5 Å². The summed E-state index contributed by atoms with van der Waals surface area (Å²) < 4.78 is 18.6. The van der Waals surface area contributed by atoms with Gasteiger partial charge in [-0.15, -0.1) is 0 Å². The largest absolute Gasteiger partial charge is 0.451 e. The fraction of sp³-hybridized carbons (Fsp3) is 0.333. The Morgan fingerprint density at radius 1 is 1.04 bits per heavy atom. The zero-order chi connectivity index (χ0) is 17.8. The molecule has 2 heterocycles. The summed E-state index contributed by atoms with van der Waals surface area (Å²) in [4.78, 5) is 27.7. The van der Waals surface area contributed by atoms with Crippen molar-refractivity contribution in [2.45, 2.75) is 6.92 Å². The van der Waals surface area contributed by atoms with E-state index in [1.807, 2.05) is 6.92 Å². The average Bonchev–Trinajstić information content (AvgIpc) is 3.12. The maximum absolute atomic E-state index is 13.0. The molecule has 0 unspecified atom stereocenters. The van der Waals surface area contributed by atoms with E-state index in [9.17, 15) is 14.0 Å². The number of amides is 3. The third-order valence-corrected chi connectivity index (χ3v) is 4.13. The van der Waals surface area contributed by atoms with Crippen molar-refractivity contribution in [1.82, 2.24) is 15.1 Å². The molecule has 2 aromatic rings. The number of carbonyl (C=O) groups excluding carboxylic acids is 2. The Labute approximate surface area is 145 Å². The molecule has 0 aliphatic carbocycles. The molecule has 132 valence electrons. The van der Waals surface area contributed by atoms with Crippen LogP contribution in [0.4, 0.5) is 9.18 Å². The van der Waals surface area contributed by atoms with Crippen molar-refractivity contribution in [1.29, 1.82) is 0 Å². The Kier molecular flexibility index (Phi) is 5.02. The first-order valence-corrected chi connectivity index (χ1v) is 8.26. The number of urea groups is 1. The summed E-state index contributed by atoms with van der Waals surface area (Å²) >= 11 is 0. The van der Waals surface area contributed by atoms with Crippen molar-refractivity contribution in [3.05, 3.63) is 48.0 Å². The molecular formula is C18H20FN3O3. The van der Waals surface area contributed by atoms with Gasteiger partial charge in [-0.2, -0.15) is 0 Å². The molecule has 0 spiro atoms. The molecule has 0 atom stereocenters. The van der Waals surface area contributed by atoms with Crippen molar-refractivity contribution < 1.29 is 18.4 Å². The van der Waals surface area contributed by atoms with Crippen LogP contribution in [-0.4, -0.2) is 54.5 Å². The molecule has 3 rings (SSSR count). The summed E-state index contributed by atoms with van der Waals surface area (Å²) in [6.07, 6.45) is 0. The molecule has 1 aliphatic heterocycles. The van der Waals surface area contributed by atoms with Crippen molar-refractivity contribution in [3.63, 3.8) is 0 Å². The molecule has 3 amide bonds. The summed E-state index contributed by atoms with van der Waals surface area (Å²) in [5, 5.41) is 2.75. The topological polar surface area (TPSA) is 65.8 Å². The second kappa shape index (κ2) is 7.38. The van der Waals surface area contributed by atoms with Crippen LogP contribution < -0.4 is 5.32 Å². The molecule has 0 saturated carbocycles. The first-order valence-electron chi connectivity index (χ1n) is 8.26. The van der Waals surface area contributed by atoms with Gasteiger partial charge in [0, 0.05) is 38.3 Å². The van der Waals surface area contributed by atoms with Gasteiger partial charge in [0.05, 0.1) is 0 Å². The van der Waals surface area contributed by atoms with E-state index < -0.39 is 0 Å². The third kappa shape index (κ3) is 3.81. The van der Waals surface area contributed by atoms with Gasteiger partial charge < -0.3 is 19.5 Å². The molecule has 1 aromatic heterocycles. The maximum atomic E-state index is 13.0. The van der Waals surface area contributed by atoms with Crippen LogP contribution in [0.5, 0.6) is 0 Å². The molecule has 1 N–H and O–H groups in total. The first-order chi connectivity index (χ1) is 12.1. The number of halogens is 1. The molecule has 1 fully saturated rings. The van der Waals surface area contributed by atoms with E-state index in [1.165, 1.54) is 12.1 Å². The minimum Gasteiger partial charge on any atom is -0.451 e. The lowest BCUT2D eigenvalue weighted by atomic mass is 10.2. The minimum absolute atomic E-state index is 0.105. The van der Waals surface area contributed by atoms with Crippen molar-refractivity contribution in [2.75, 3.05) is 32.7 Å². The van der Waals surface area contributed by atoms with Gasteiger partial charge in [0.1, 0.15) is 11.6 Å². The Bertz CT molecular complexity index is 749. The first kappa shape index (κ1) is 17.0. The van der Waals surface area contributed by atoms with Gasteiger partial charge in [-0.3, -0.25) is 4.79 Å². The molecule has 0 bridgehead atoms. The van der Waals surface area contributed by atoms with E-state index in [0.29, 0.717) is 44.0 Å². The number of hydrogen-bond donors (Lipinski definition) is 1. The van der Waals surface area contributed by atoms with Crippen LogP contribution in [0, 0.1) is 5.82 Å². The van der Waals surface area contributed by atoms with Crippen LogP contribution in [0.1, 0.15) is 17.5 Å². The Balaban J connectivity index is 1.63. The van der Waals surface area contributed by atoms with E-state index in [0.717, 1.165) is 0 Å². The number of furan rings is 1. The van der Waals surface area contributed by atoms with Crippen LogP contribution in [0.3, 0.4) is 0 Å². The lowest BCUT2D eigenvalue weighted by molar-refractivity contribution is 0.0635. The van der Waals surface area contributed by atoms with Crippen LogP contribution in [-0.2, 0) is 0 Å². The minimum atomic E-state index is -0.323. The zero-order valence-electron chi connectivity index (χ0n) is 14.0. The number of benzene rings is 1. The van der Waals surface area contributed by atoms with E-state index >= 15 is 0 Å². The maximum Gasteiger partial charge on any atom is 0.317 e. The van der Waals surface area contributed by atoms with Crippen molar-refractivity contribution in [3.8, 4) is 11.3 Å². The summed E-state index contributed by atoms with van der Waals surface area (Å²) in [6.45, 7) is 4.35. The number of piperazine rings is 1. The Morgan fingerprint density at radius 3 is 2.32 bits per heavy atom. The molecule has 1 saturated heterocycles. The van der Waals surface area contributed by atoms with Gasteiger partial charge in [0.25, 0.3) is 5.91 Å². The summed E-state index contributed by atoms with van der Waals surface area (Å²) in [7, 11) is 0. The molecule has 6 nitrogen and oxygen atoms in total. The average molecular weight is 345 g/mol. The lowest BCUT2D eigenvalue weighted by Crippen LogP contribution is -2.53. The highest BCUT2D eigenvalue weighted by Crippen LogP contribution is 2.23. The Hall–Kier alpha value is -2.83. The molecule has 0 radical (unpaired) electrons. The zero-order valence-corrected chi connectivity index (χ0v) is 14.0. The highest BCUT2D eigenvalue weighted by molar-refractivity contribution is 5.92. The summed E-state index contributed by atoms with van der Waals surface area (Å²) in [5.41, 5.74) is 0.710. The predicted molar refractivity (Wildman–Crippen MR) is 90.7 cm³/mol. The van der Waals surface area contributed by atoms with Crippen LogP contribution in [0.25, 0.3) is 11.3 Å². The van der Waals surface area contributed by atoms with Crippen molar-refractivity contribution in [2.24, 2.45) is 0 Å². The second-order valence-corrected chi connectivity index (χ2v) is 5.79. The predicted octanol–water partition coefficient (Wildman–Crippen LogP) is 2.57. The third-order valence-electron chi connectivity index (χ3n) is 4.13. The lowest BCUT2D eigenvalue weighted by Gasteiger charge is -2.34. The SMILES string of the molecule is CCNC(=O)N1CCN(C(=O)c2ccc(-c3ccc(F)cc3)o2)CC1. The quantitative estimate of drug-likeness (QED) is 0.930. The van der Waals surface area contributed by atoms with Gasteiger partial charge in [0.15, 0.2) is 5.76 Å². The Morgan fingerprint density at radius 2 is 1.68 bits per heavy atom. The van der Waals surface area contributed by atoms with E-state index in [2.05, 4.69) is 5.32 Å². The van der Waals surface area contributed by atoms with Crippen molar-refractivity contribution >= 4 is 11.9 Å². The van der Waals surface area contributed by atoms with Crippen LogP contribution >= 0.6 is 0 Å². The monoisotopic (exact) mass is 345 g/mol. The molecule has 25 heavy (non-hydrogen) atoms. The molecular weight excluding hydrogens is 325 g/mol.